The van der Waals surface area contributed by atoms with E-state index in [1.165, 1.54) is 18.4 Å². The quantitative estimate of drug-likeness (QED) is 0.530. The zero-order chi connectivity index (χ0) is 20.9. The Labute approximate surface area is 178 Å². The molecule has 2 aromatic carbocycles. The van der Waals surface area contributed by atoms with Crippen LogP contribution in [0.3, 0.4) is 0 Å². The second-order valence-corrected chi connectivity index (χ2v) is 7.70. The zero-order valence-electron chi connectivity index (χ0n) is 17.7. The highest BCUT2D eigenvalue weighted by Crippen LogP contribution is 2.37. The molecule has 4 heteroatoms. The molecule has 0 bridgehead atoms. The largest absolute Gasteiger partial charge is 0.496 e. The third-order valence-electron chi connectivity index (χ3n) is 5.37. The lowest BCUT2D eigenvalue weighted by atomic mass is 9.88. The van der Waals surface area contributed by atoms with Gasteiger partial charge in [-0.15, -0.1) is 0 Å². The molecule has 0 saturated heterocycles. The molecule has 4 rings (SSSR count). The van der Waals surface area contributed by atoms with Crippen LogP contribution in [-0.2, 0) is 6.61 Å². The third kappa shape index (κ3) is 4.80. The van der Waals surface area contributed by atoms with Gasteiger partial charge in [0.25, 0.3) is 0 Å². The highest BCUT2D eigenvalue weighted by Gasteiger charge is 2.19. The van der Waals surface area contributed by atoms with Crippen molar-refractivity contribution in [2.45, 2.75) is 39.2 Å². The first-order valence-corrected chi connectivity index (χ1v) is 10.3. The molecule has 30 heavy (non-hydrogen) atoms. The van der Waals surface area contributed by atoms with Crippen molar-refractivity contribution in [2.75, 3.05) is 7.11 Å². The number of aromatic nitrogens is 2. The predicted molar refractivity (Wildman–Crippen MR) is 118 cm³/mol. The normalized spacial score (nSPS) is 13.8. The van der Waals surface area contributed by atoms with Gasteiger partial charge >= 0.3 is 0 Å². The van der Waals surface area contributed by atoms with Crippen molar-refractivity contribution in [3.05, 3.63) is 82.9 Å². The van der Waals surface area contributed by atoms with Gasteiger partial charge in [-0.25, -0.2) is 9.97 Å². The first kappa shape index (κ1) is 20.0. The molecule has 0 N–H and O–H groups in total. The summed E-state index contributed by atoms with van der Waals surface area (Å²) in [7, 11) is 1.70. The molecule has 4 nitrogen and oxygen atoms in total. The number of rotatable bonds is 6. The van der Waals surface area contributed by atoms with Gasteiger partial charge < -0.3 is 9.47 Å². The summed E-state index contributed by atoms with van der Waals surface area (Å²) in [6.07, 6.45) is 5.93. The molecule has 3 aromatic rings. The average Bonchev–Trinajstić information content (AvgIpc) is 3.61. The number of ether oxygens (including phenoxy) is 2. The van der Waals surface area contributed by atoms with Crippen molar-refractivity contribution < 1.29 is 9.47 Å². The van der Waals surface area contributed by atoms with Gasteiger partial charge in [-0.1, -0.05) is 30.9 Å². The fraction of sp³-hybridized carbons (Fsp3) is 0.308. The molecule has 1 unspecified atom stereocenters. The van der Waals surface area contributed by atoms with E-state index in [1.54, 1.807) is 25.6 Å². The maximum atomic E-state index is 5.90. The van der Waals surface area contributed by atoms with Gasteiger partial charge in [0.1, 0.15) is 18.1 Å². The standard InChI is InChI=1S/C26H26N2O2/c1-18-15-23(30-17-25-27-13-4-14-28-25)16-24(29-3)26(18)19(2)22-11-9-21(10-12-22)8-7-20-5-6-20/h4,9-16,19-20H,5-6,17H2,1-3H3. The van der Waals surface area contributed by atoms with Gasteiger partial charge in [-0.05, 0) is 55.2 Å². The Balaban J connectivity index is 1.53. The molecule has 1 atom stereocenters. The van der Waals surface area contributed by atoms with Crippen molar-refractivity contribution in [1.29, 1.82) is 0 Å². The molecule has 1 saturated carbocycles. The maximum absolute atomic E-state index is 5.90. The van der Waals surface area contributed by atoms with E-state index >= 15 is 0 Å². The Hall–Kier alpha value is -3.32. The lowest BCUT2D eigenvalue weighted by molar-refractivity contribution is 0.293. The van der Waals surface area contributed by atoms with E-state index in [0.29, 0.717) is 18.3 Å². The van der Waals surface area contributed by atoms with Crippen LogP contribution in [0.4, 0.5) is 0 Å². The number of aryl methyl sites for hydroxylation is 1. The Kier molecular flexibility index (Phi) is 5.99. The fourth-order valence-corrected chi connectivity index (χ4v) is 3.53. The number of methoxy groups -OCH3 is 1. The van der Waals surface area contributed by atoms with Crippen molar-refractivity contribution in [3.8, 4) is 23.3 Å². The van der Waals surface area contributed by atoms with Gasteiger partial charge in [0.15, 0.2) is 5.82 Å². The molecule has 1 aliphatic carbocycles. The Morgan fingerprint density at radius 3 is 2.50 bits per heavy atom. The summed E-state index contributed by atoms with van der Waals surface area (Å²) in [5, 5.41) is 0. The molecule has 0 amide bonds. The Bertz CT molecular complexity index is 1060. The van der Waals surface area contributed by atoms with E-state index in [-0.39, 0.29) is 5.92 Å². The summed E-state index contributed by atoms with van der Waals surface area (Å²) in [4.78, 5) is 8.40. The van der Waals surface area contributed by atoms with Crippen LogP contribution in [0, 0.1) is 24.7 Å². The minimum atomic E-state index is 0.192. The molecular formula is C26H26N2O2. The predicted octanol–water partition coefficient (Wildman–Crippen LogP) is 5.29. The number of hydrogen-bond acceptors (Lipinski definition) is 4. The van der Waals surface area contributed by atoms with E-state index in [9.17, 15) is 0 Å². The van der Waals surface area contributed by atoms with E-state index in [0.717, 1.165) is 28.2 Å². The van der Waals surface area contributed by atoms with Crippen LogP contribution in [0.15, 0.2) is 54.9 Å². The first-order chi connectivity index (χ1) is 14.6. The van der Waals surface area contributed by atoms with Crippen LogP contribution >= 0.6 is 0 Å². The van der Waals surface area contributed by atoms with E-state index in [1.807, 2.05) is 12.1 Å². The summed E-state index contributed by atoms with van der Waals surface area (Å²) >= 11 is 0. The number of nitrogens with zero attached hydrogens (tertiary/aromatic N) is 2. The maximum Gasteiger partial charge on any atom is 0.166 e. The minimum absolute atomic E-state index is 0.192. The lowest BCUT2D eigenvalue weighted by Gasteiger charge is -2.20. The smallest absolute Gasteiger partial charge is 0.166 e. The van der Waals surface area contributed by atoms with Gasteiger partial charge in [-0.3, -0.25) is 0 Å². The molecule has 152 valence electrons. The first-order valence-electron chi connectivity index (χ1n) is 10.3. The van der Waals surface area contributed by atoms with Crippen LogP contribution in [0.2, 0.25) is 0 Å². The highest BCUT2D eigenvalue weighted by atomic mass is 16.5. The molecule has 0 radical (unpaired) electrons. The second-order valence-electron chi connectivity index (χ2n) is 7.70. The van der Waals surface area contributed by atoms with Crippen LogP contribution in [0.5, 0.6) is 11.5 Å². The average molecular weight is 399 g/mol. The lowest BCUT2D eigenvalue weighted by Crippen LogP contribution is -2.05. The molecule has 0 spiro atoms. The summed E-state index contributed by atoms with van der Waals surface area (Å²) in [5.41, 5.74) is 4.61. The van der Waals surface area contributed by atoms with Crippen LogP contribution in [0.25, 0.3) is 0 Å². The Morgan fingerprint density at radius 1 is 1.10 bits per heavy atom. The molecule has 1 heterocycles. The van der Waals surface area contributed by atoms with Crippen LogP contribution in [0.1, 0.15) is 53.8 Å². The van der Waals surface area contributed by atoms with Gasteiger partial charge in [0.05, 0.1) is 7.11 Å². The van der Waals surface area contributed by atoms with Crippen LogP contribution < -0.4 is 9.47 Å². The number of hydrogen-bond donors (Lipinski definition) is 0. The number of benzene rings is 2. The van der Waals surface area contributed by atoms with E-state index in [2.05, 4.69) is 59.9 Å². The SMILES string of the molecule is COc1cc(OCc2ncccn2)cc(C)c1C(C)c1ccc(C#CC2CC2)cc1. The minimum Gasteiger partial charge on any atom is -0.496 e. The van der Waals surface area contributed by atoms with Gasteiger partial charge in [-0.2, -0.15) is 0 Å². The third-order valence-corrected chi connectivity index (χ3v) is 5.37. The van der Waals surface area contributed by atoms with Crippen molar-refractivity contribution >= 4 is 0 Å². The summed E-state index contributed by atoms with van der Waals surface area (Å²) < 4.78 is 11.6. The molecule has 1 aromatic heterocycles. The molecule has 1 fully saturated rings. The summed E-state index contributed by atoms with van der Waals surface area (Å²) in [6.45, 7) is 4.62. The van der Waals surface area contributed by atoms with Crippen molar-refractivity contribution in [3.63, 3.8) is 0 Å². The van der Waals surface area contributed by atoms with Crippen LogP contribution in [-0.4, -0.2) is 17.1 Å². The zero-order valence-corrected chi connectivity index (χ0v) is 17.7. The van der Waals surface area contributed by atoms with E-state index < -0.39 is 0 Å². The Morgan fingerprint density at radius 2 is 1.83 bits per heavy atom. The van der Waals surface area contributed by atoms with Gasteiger partial charge in [0, 0.05) is 41.4 Å². The molecule has 1 aliphatic rings. The summed E-state index contributed by atoms with van der Waals surface area (Å²) in [6, 6.07) is 14.3. The van der Waals surface area contributed by atoms with Crippen molar-refractivity contribution in [2.24, 2.45) is 5.92 Å². The van der Waals surface area contributed by atoms with Crippen molar-refractivity contribution in [1.82, 2.24) is 9.97 Å². The molecule has 0 aliphatic heterocycles. The highest BCUT2D eigenvalue weighted by molar-refractivity contribution is 5.51. The second kappa shape index (κ2) is 9.00. The topological polar surface area (TPSA) is 44.2 Å². The molecular weight excluding hydrogens is 372 g/mol. The monoisotopic (exact) mass is 398 g/mol. The summed E-state index contributed by atoms with van der Waals surface area (Å²) in [5.74, 6) is 9.63. The fourth-order valence-electron chi connectivity index (χ4n) is 3.53. The van der Waals surface area contributed by atoms with Gasteiger partial charge in [0.2, 0.25) is 0 Å². The van der Waals surface area contributed by atoms with E-state index in [4.69, 9.17) is 9.47 Å².